The number of nitrogens with zero attached hydrogens (tertiary/aromatic N) is 1. The van der Waals surface area contributed by atoms with Crippen LogP contribution in [0, 0.1) is 12.8 Å². The summed E-state index contributed by atoms with van der Waals surface area (Å²) in [5, 5.41) is 5.31. The first kappa shape index (κ1) is 10.6. The van der Waals surface area contributed by atoms with E-state index in [-0.39, 0.29) is 5.91 Å². The number of nitrogens with one attached hydrogen (secondary N) is 1. The zero-order chi connectivity index (χ0) is 11.1. The second-order valence-electron chi connectivity index (χ2n) is 4.31. The molecule has 82 valence electrons. The third kappa shape index (κ3) is 2.18. The number of nitrogens with two attached hydrogens (primary N) is 1. The molecule has 1 aliphatic rings. The fourth-order valence-corrected chi connectivity index (χ4v) is 2.19. The summed E-state index contributed by atoms with van der Waals surface area (Å²) in [5.41, 5.74) is 6.15. The molecule has 0 spiro atoms. The topological polar surface area (TPSA) is 68.0 Å². The van der Waals surface area contributed by atoms with Gasteiger partial charge in [0.2, 0.25) is 5.91 Å². The van der Waals surface area contributed by atoms with Gasteiger partial charge in [0.1, 0.15) is 0 Å². The van der Waals surface area contributed by atoms with Crippen molar-refractivity contribution in [2.75, 3.05) is 5.32 Å². The molecule has 0 radical (unpaired) electrons. The second kappa shape index (κ2) is 3.57. The molecule has 0 aromatic carbocycles. The molecule has 1 atom stereocenters. The van der Waals surface area contributed by atoms with Gasteiger partial charge in [-0.05, 0) is 32.6 Å². The lowest BCUT2D eigenvalue weighted by atomic mass is 9.96. The Morgan fingerprint density at radius 2 is 2.40 bits per heavy atom. The molecule has 3 N–H and O–H groups in total. The van der Waals surface area contributed by atoms with Gasteiger partial charge in [0.15, 0.2) is 5.13 Å². The first-order valence-corrected chi connectivity index (χ1v) is 5.90. The molecule has 1 aromatic rings. The van der Waals surface area contributed by atoms with Crippen LogP contribution in [0.5, 0.6) is 0 Å². The molecule has 2 rings (SSSR count). The maximum absolute atomic E-state index is 11.9. The van der Waals surface area contributed by atoms with Crippen molar-refractivity contribution in [3.63, 3.8) is 0 Å². The van der Waals surface area contributed by atoms with Crippen LogP contribution in [-0.4, -0.2) is 16.4 Å². The summed E-state index contributed by atoms with van der Waals surface area (Å²) in [7, 11) is 0. The van der Waals surface area contributed by atoms with E-state index in [9.17, 15) is 4.79 Å². The molecule has 0 saturated heterocycles. The number of anilines is 1. The molecule has 0 bridgehead atoms. The van der Waals surface area contributed by atoms with E-state index in [4.69, 9.17) is 5.73 Å². The number of thiazole rings is 1. The number of carbonyl (C=O) groups excluding carboxylic acids is 1. The Morgan fingerprint density at radius 3 is 2.87 bits per heavy atom. The fraction of sp³-hybridized carbons (Fsp3) is 0.600. The molecular weight excluding hydrogens is 210 g/mol. The Bertz CT molecular complexity index is 382. The second-order valence-corrected chi connectivity index (χ2v) is 5.16. The summed E-state index contributed by atoms with van der Waals surface area (Å²) < 4.78 is 0. The van der Waals surface area contributed by atoms with Gasteiger partial charge < -0.3 is 11.1 Å². The van der Waals surface area contributed by atoms with E-state index < -0.39 is 5.54 Å². The zero-order valence-corrected chi connectivity index (χ0v) is 9.73. The van der Waals surface area contributed by atoms with Gasteiger partial charge in [0, 0.05) is 5.38 Å². The van der Waals surface area contributed by atoms with Crippen LogP contribution in [0.1, 0.15) is 25.5 Å². The first-order valence-electron chi connectivity index (χ1n) is 5.02. The molecule has 15 heavy (non-hydrogen) atoms. The van der Waals surface area contributed by atoms with Crippen LogP contribution in [0.3, 0.4) is 0 Å². The summed E-state index contributed by atoms with van der Waals surface area (Å²) >= 11 is 1.43. The van der Waals surface area contributed by atoms with Crippen LogP contribution >= 0.6 is 11.3 Å². The van der Waals surface area contributed by atoms with Crippen LogP contribution in [-0.2, 0) is 4.79 Å². The summed E-state index contributed by atoms with van der Waals surface area (Å²) in [4.78, 5) is 16.0. The lowest BCUT2D eigenvalue weighted by Crippen LogP contribution is -2.50. The Morgan fingerprint density at radius 1 is 1.73 bits per heavy atom. The van der Waals surface area contributed by atoms with Crippen molar-refractivity contribution in [3.8, 4) is 0 Å². The van der Waals surface area contributed by atoms with Gasteiger partial charge in [0.05, 0.1) is 11.2 Å². The van der Waals surface area contributed by atoms with Crippen molar-refractivity contribution in [1.82, 2.24) is 4.98 Å². The molecule has 1 heterocycles. The monoisotopic (exact) mass is 225 g/mol. The van der Waals surface area contributed by atoms with Crippen LogP contribution in [0.4, 0.5) is 5.13 Å². The number of carbonyl (C=O) groups is 1. The van der Waals surface area contributed by atoms with E-state index in [1.807, 2.05) is 12.3 Å². The highest BCUT2D eigenvalue weighted by atomic mass is 32.1. The van der Waals surface area contributed by atoms with E-state index in [0.717, 1.165) is 18.5 Å². The maximum atomic E-state index is 11.9. The molecule has 4 nitrogen and oxygen atoms in total. The van der Waals surface area contributed by atoms with Crippen molar-refractivity contribution in [3.05, 3.63) is 11.1 Å². The minimum Gasteiger partial charge on any atom is -0.317 e. The van der Waals surface area contributed by atoms with E-state index in [0.29, 0.717) is 11.0 Å². The van der Waals surface area contributed by atoms with Crippen molar-refractivity contribution in [1.29, 1.82) is 0 Å². The van der Waals surface area contributed by atoms with Crippen molar-refractivity contribution < 1.29 is 4.79 Å². The third-order valence-electron chi connectivity index (χ3n) is 2.75. The zero-order valence-electron chi connectivity index (χ0n) is 8.91. The van der Waals surface area contributed by atoms with Crippen molar-refractivity contribution >= 4 is 22.4 Å². The van der Waals surface area contributed by atoms with Gasteiger partial charge in [-0.15, -0.1) is 11.3 Å². The number of rotatable bonds is 3. The van der Waals surface area contributed by atoms with Gasteiger partial charge in [0.25, 0.3) is 0 Å². The molecule has 1 aliphatic carbocycles. The highest BCUT2D eigenvalue weighted by Gasteiger charge is 2.44. The van der Waals surface area contributed by atoms with E-state index in [1.54, 1.807) is 6.92 Å². The summed E-state index contributed by atoms with van der Waals surface area (Å²) in [6, 6.07) is 0. The average Bonchev–Trinajstić information content (AvgIpc) is 2.92. The number of aromatic nitrogens is 1. The Balaban J connectivity index is 2.03. The quantitative estimate of drug-likeness (QED) is 0.819. The average molecular weight is 225 g/mol. The maximum Gasteiger partial charge on any atom is 0.246 e. The Hall–Kier alpha value is -0.940. The summed E-state index contributed by atoms with van der Waals surface area (Å²) in [5.74, 6) is 0.206. The highest BCUT2D eigenvalue weighted by Crippen LogP contribution is 2.38. The molecule has 1 saturated carbocycles. The SMILES string of the molecule is Cc1csc(NC(=O)C(C)(N)C2CC2)n1. The third-order valence-corrected chi connectivity index (χ3v) is 3.63. The van der Waals surface area contributed by atoms with Gasteiger partial charge in [-0.1, -0.05) is 0 Å². The van der Waals surface area contributed by atoms with Gasteiger partial charge in [-0.2, -0.15) is 0 Å². The molecular formula is C10H15N3OS. The van der Waals surface area contributed by atoms with E-state index >= 15 is 0 Å². The minimum atomic E-state index is -0.750. The van der Waals surface area contributed by atoms with Crippen LogP contribution in [0.25, 0.3) is 0 Å². The predicted octanol–water partition coefficient (Wildman–Crippen LogP) is 1.52. The number of hydrogen-bond acceptors (Lipinski definition) is 4. The molecule has 1 unspecified atom stereocenters. The smallest absolute Gasteiger partial charge is 0.246 e. The molecule has 1 amide bonds. The van der Waals surface area contributed by atoms with Crippen molar-refractivity contribution in [2.45, 2.75) is 32.2 Å². The lowest BCUT2D eigenvalue weighted by molar-refractivity contribution is -0.121. The standard InChI is InChI=1S/C10H15N3OS/c1-6-5-15-9(12-6)13-8(14)10(2,11)7-3-4-7/h5,7H,3-4,11H2,1-2H3,(H,12,13,14). The van der Waals surface area contributed by atoms with E-state index in [2.05, 4.69) is 10.3 Å². The van der Waals surface area contributed by atoms with Crippen LogP contribution in [0.2, 0.25) is 0 Å². The largest absolute Gasteiger partial charge is 0.317 e. The summed E-state index contributed by atoms with van der Waals surface area (Å²) in [6.45, 7) is 3.69. The first-order chi connectivity index (χ1) is 7.00. The number of aryl methyl sites for hydroxylation is 1. The molecule has 1 fully saturated rings. The summed E-state index contributed by atoms with van der Waals surface area (Å²) in [6.07, 6.45) is 2.11. The fourth-order valence-electron chi connectivity index (χ4n) is 1.51. The highest BCUT2D eigenvalue weighted by molar-refractivity contribution is 7.13. The Labute approximate surface area is 92.9 Å². The predicted molar refractivity (Wildman–Crippen MR) is 60.8 cm³/mol. The lowest BCUT2D eigenvalue weighted by Gasteiger charge is -2.22. The molecule has 5 heteroatoms. The number of hydrogen-bond donors (Lipinski definition) is 2. The Kier molecular flexibility index (Phi) is 2.52. The van der Waals surface area contributed by atoms with Gasteiger partial charge in [-0.25, -0.2) is 4.98 Å². The van der Waals surface area contributed by atoms with Crippen LogP contribution in [0.15, 0.2) is 5.38 Å². The normalized spacial score (nSPS) is 19.7. The molecule has 0 aliphatic heterocycles. The van der Waals surface area contributed by atoms with Gasteiger partial charge in [-0.3, -0.25) is 4.79 Å². The van der Waals surface area contributed by atoms with E-state index in [1.165, 1.54) is 11.3 Å². The number of amides is 1. The van der Waals surface area contributed by atoms with Crippen molar-refractivity contribution in [2.24, 2.45) is 11.7 Å². The van der Waals surface area contributed by atoms with Gasteiger partial charge >= 0.3 is 0 Å². The minimum absolute atomic E-state index is 0.126. The molecule has 1 aromatic heterocycles. The van der Waals surface area contributed by atoms with Crippen LogP contribution < -0.4 is 11.1 Å².